The first kappa shape index (κ1) is 12.7. The quantitative estimate of drug-likeness (QED) is 0.844. The highest BCUT2D eigenvalue weighted by molar-refractivity contribution is 7.09. The maximum absolute atomic E-state index is 13.3. The summed E-state index contributed by atoms with van der Waals surface area (Å²) in [4.78, 5) is 15.4. The van der Waals surface area contributed by atoms with Gasteiger partial charge in [0.15, 0.2) is 5.78 Å². The van der Waals surface area contributed by atoms with Crippen molar-refractivity contribution in [2.45, 2.75) is 13.3 Å². The molecule has 2 aromatic rings. The van der Waals surface area contributed by atoms with Crippen molar-refractivity contribution in [2.24, 2.45) is 0 Å². The average Bonchev–Trinajstić information content (AvgIpc) is 2.81. The maximum atomic E-state index is 13.3. The van der Waals surface area contributed by atoms with Crippen LogP contribution in [-0.4, -0.2) is 17.3 Å². The number of thiazole rings is 1. The molecule has 1 N–H and O–H groups in total. The summed E-state index contributed by atoms with van der Waals surface area (Å²) in [6.45, 7) is 2.09. The van der Waals surface area contributed by atoms with Crippen molar-refractivity contribution < 1.29 is 9.18 Å². The number of hydrogen-bond donors (Lipinski definition) is 1. The molecule has 0 unspecified atom stereocenters. The van der Waals surface area contributed by atoms with Crippen molar-refractivity contribution >= 4 is 22.8 Å². The number of halogens is 1. The lowest BCUT2D eigenvalue weighted by molar-refractivity contribution is 0.101. The molecule has 94 valence electrons. The Morgan fingerprint density at radius 2 is 2.28 bits per heavy atom. The third-order valence-electron chi connectivity index (χ3n) is 2.46. The molecule has 5 heteroatoms. The van der Waals surface area contributed by atoms with Crippen molar-refractivity contribution in [2.75, 3.05) is 11.9 Å². The van der Waals surface area contributed by atoms with Crippen LogP contribution in [0.2, 0.25) is 0 Å². The predicted octanol–water partition coefficient (Wildman–Crippen LogP) is 3.14. The smallest absolute Gasteiger partial charge is 0.159 e. The second-order valence-electron chi connectivity index (χ2n) is 3.89. The zero-order valence-electron chi connectivity index (χ0n) is 9.94. The van der Waals surface area contributed by atoms with Crippen LogP contribution in [0.15, 0.2) is 29.8 Å². The molecular weight excluding hydrogens is 251 g/mol. The average molecular weight is 264 g/mol. The second kappa shape index (κ2) is 5.73. The fourth-order valence-electron chi connectivity index (χ4n) is 1.59. The highest BCUT2D eigenvalue weighted by Crippen LogP contribution is 2.15. The number of hydrogen-bond acceptors (Lipinski definition) is 4. The number of rotatable bonds is 5. The Bertz CT molecular complexity index is 540. The Kier molecular flexibility index (Phi) is 4.04. The minimum atomic E-state index is -0.403. The van der Waals surface area contributed by atoms with E-state index in [-0.39, 0.29) is 5.78 Å². The highest BCUT2D eigenvalue weighted by Gasteiger charge is 2.04. The summed E-state index contributed by atoms with van der Waals surface area (Å²) in [7, 11) is 0. The first-order valence-corrected chi connectivity index (χ1v) is 6.47. The van der Waals surface area contributed by atoms with Crippen LogP contribution in [0.4, 0.5) is 10.1 Å². The zero-order chi connectivity index (χ0) is 13.0. The van der Waals surface area contributed by atoms with E-state index in [0.717, 1.165) is 11.4 Å². The van der Waals surface area contributed by atoms with E-state index in [4.69, 9.17) is 0 Å². The van der Waals surface area contributed by atoms with Crippen molar-refractivity contribution in [3.8, 4) is 0 Å². The summed E-state index contributed by atoms with van der Waals surface area (Å²) in [5.74, 6) is -0.545. The third-order valence-corrected chi connectivity index (χ3v) is 3.30. The molecular formula is C13H13FN2OS. The lowest BCUT2D eigenvalue weighted by Gasteiger charge is -2.07. The van der Waals surface area contributed by atoms with Crippen molar-refractivity contribution in [3.05, 3.63) is 46.2 Å². The lowest BCUT2D eigenvalue weighted by Crippen LogP contribution is -2.06. The lowest BCUT2D eigenvalue weighted by atomic mass is 10.1. The molecule has 3 nitrogen and oxygen atoms in total. The summed E-state index contributed by atoms with van der Waals surface area (Å²) in [5, 5.41) is 6.05. The number of benzene rings is 1. The van der Waals surface area contributed by atoms with Crippen LogP contribution in [0.3, 0.4) is 0 Å². The largest absolute Gasteiger partial charge is 0.385 e. The van der Waals surface area contributed by atoms with Crippen molar-refractivity contribution in [1.82, 2.24) is 4.98 Å². The van der Waals surface area contributed by atoms with E-state index >= 15 is 0 Å². The number of carbonyl (C=O) groups is 1. The molecule has 0 bridgehead atoms. The van der Waals surface area contributed by atoms with Crippen LogP contribution in [0.1, 0.15) is 22.3 Å². The van der Waals surface area contributed by atoms with Crippen LogP contribution < -0.4 is 5.32 Å². The molecule has 2 rings (SSSR count). The topological polar surface area (TPSA) is 42.0 Å². The van der Waals surface area contributed by atoms with Gasteiger partial charge in [0.25, 0.3) is 0 Å². The molecule has 18 heavy (non-hydrogen) atoms. The summed E-state index contributed by atoms with van der Waals surface area (Å²) < 4.78 is 13.3. The van der Waals surface area contributed by atoms with E-state index in [1.165, 1.54) is 19.1 Å². The molecule has 0 saturated heterocycles. The van der Waals surface area contributed by atoms with E-state index < -0.39 is 5.82 Å². The monoisotopic (exact) mass is 264 g/mol. The molecule has 0 aliphatic heterocycles. The molecule has 0 amide bonds. The molecule has 0 aliphatic carbocycles. The van der Waals surface area contributed by atoms with E-state index in [9.17, 15) is 9.18 Å². The van der Waals surface area contributed by atoms with Gasteiger partial charge in [0.1, 0.15) is 5.82 Å². The first-order chi connectivity index (χ1) is 8.65. The first-order valence-electron chi connectivity index (χ1n) is 5.59. The molecule has 1 heterocycles. The normalized spacial score (nSPS) is 10.3. The number of anilines is 1. The standard InChI is InChI=1S/C13H13FN2OS/c1-9(17)10-6-11(14)8-12(7-10)15-3-2-13-16-4-5-18-13/h4-8,15H,2-3H2,1H3. The number of Topliss-reactive ketones (excluding diaryl/α,β-unsaturated/α-hetero) is 1. The minimum Gasteiger partial charge on any atom is -0.385 e. The van der Waals surface area contributed by atoms with Gasteiger partial charge in [-0.05, 0) is 25.1 Å². The zero-order valence-corrected chi connectivity index (χ0v) is 10.8. The molecule has 0 atom stereocenters. The number of carbonyl (C=O) groups excluding carboxylic acids is 1. The van der Waals surface area contributed by atoms with E-state index in [1.54, 1.807) is 23.6 Å². The third kappa shape index (κ3) is 3.37. The summed E-state index contributed by atoms with van der Waals surface area (Å²) in [5.41, 5.74) is 1.00. The Labute approximate surface area is 109 Å². The molecule has 1 aromatic heterocycles. The van der Waals surface area contributed by atoms with Crippen LogP contribution >= 0.6 is 11.3 Å². The SMILES string of the molecule is CC(=O)c1cc(F)cc(NCCc2nccs2)c1. The van der Waals surface area contributed by atoms with Gasteiger partial charge in [0, 0.05) is 35.8 Å². The molecule has 1 aromatic carbocycles. The highest BCUT2D eigenvalue weighted by atomic mass is 32.1. The molecule has 0 fully saturated rings. The van der Waals surface area contributed by atoms with Crippen LogP contribution in [0, 0.1) is 5.82 Å². The van der Waals surface area contributed by atoms with Crippen molar-refractivity contribution in [1.29, 1.82) is 0 Å². The number of aromatic nitrogens is 1. The Balaban J connectivity index is 1.98. The van der Waals surface area contributed by atoms with Crippen LogP contribution in [-0.2, 0) is 6.42 Å². The maximum Gasteiger partial charge on any atom is 0.159 e. The predicted molar refractivity (Wildman–Crippen MR) is 70.7 cm³/mol. The summed E-state index contributed by atoms with van der Waals surface area (Å²) in [6.07, 6.45) is 2.54. The summed E-state index contributed by atoms with van der Waals surface area (Å²) in [6, 6.07) is 4.29. The van der Waals surface area contributed by atoms with Crippen LogP contribution in [0.25, 0.3) is 0 Å². The van der Waals surface area contributed by atoms with E-state index in [1.807, 2.05) is 5.38 Å². The molecule has 0 radical (unpaired) electrons. The van der Waals surface area contributed by atoms with Crippen LogP contribution in [0.5, 0.6) is 0 Å². The van der Waals surface area contributed by atoms with Gasteiger partial charge in [0.05, 0.1) is 5.01 Å². The van der Waals surface area contributed by atoms with Gasteiger partial charge in [-0.2, -0.15) is 0 Å². The van der Waals surface area contributed by atoms with Gasteiger partial charge in [-0.25, -0.2) is 9.37 Å². The van der Waals surface area contributed by atoms with Gasteiger partial charge in [0.2, 0.25) is 0 Å². The second-order valence-corrected chi connectivity index (χ2v) is 4.87. The van der Waals surface area contributed by atoms with Gasteiger partial charge in [-0.15, -0.1) is 11.3 Å². The number of nitrogens with zero attached hydrogens (tertiary/aromatic N) is 1. The summed E-state index contributed by atoms with van der Waals surface area (Å²) >= 11 is 1.59. The number of ketones is 1. The fourth-order valence-corrected chi connectivity index (χ4v) is 2.21. The Morgan fingerprint density at radius 3 is 2.94 bits per heavy atom. The van der Waals surface area contributed by atoms with E-state index in [2.05, 4.69) is 10.3 Å². The van der Waals surface area contributed by atoms with E-state index in [0.29, 0.717) is 17.8 Å². The molecule has 0 saturated carbocycles. The fraction of sp³-hybridized carbons (Fsp3) is 0.231. The Morgan fingerprint density at radius 1 is 1.44 bits per heavy atom. The molecule has 0 aliphatic rings. The van der Waals surface area contributed by atoms with Gasteiger partial charge in [-0.3, -0.25) is 4.79 Å². The van der Waals surface area contributed by atoms with Gasteiger partial charge < -0.3 is 5.32 Å². The van der Waals surface area contributed by atoms with Crippen molar-refractivity contribution in [3.63, 3.8) is 0 Å². The minimum absolute atomic E-state index is 0.141. The van der Waals surface area contributed by atoms with Gasteiger partial charge in [-0.1, -0.05) is 0 Å². The molecule has 0 spiro atoms. The Hall–Kier alpha value is -1.75. The van der Waals surface area contributed by atoms with Gasteiger partial charge >= 0.3 is 0 Å². The number of nitrogens with one attached hydrogen (secondary N) is 1.